The topological polar surface area (TPSA) is 79.8 Å². The molecule has 0 aliphatic rings. The van der Waals surface area contributed by atoms with Crippen LogP contribution in [-0.4, -0.2) is 27.5 Å². The zero-order valence-electron chi connectivity index (χ0n) is 12.2. The highest BCUT2D eigenvalue weighted by Crippen LogP contribution is 2.14. The van der Waals surface area contributed by atoms with Crippen molar-refractivity contribution in [3.8, 4) is 11.4 Å². The summed E-state index contributed by atoms with van der Waals surface area (Å²) < 4.78 is 0. The molecule has 2 rings (SSSR count). The zero-order chi connectivity index (χ0) is 15.1. The van der Waals surface area contributed by atoms with Gasteiger partial charge in [0.15, 0.2) is 5.82 Å². The van der Waals surface area contributed by atoms with Gasteiger partial charge in [-0.05, 0) is 30.5 Å². The Bertz CT molecular complexity index is 586. The highest BCUT2D eigenvalue weighted by molar-refractivity contribution is 5.88. The molecule has 0 bridgehead atoms. The molecule has 6 heteroatoms. The van der Waals surface area contributed by atoms with Crippen molar-refractivity contribution in [2.24, 2.45) is 5.92 Å². The van der Waals surface area contributed by atoms with Crippen LogP contribution in [0.25, 0.3) is 11.4 Å². The van der Waals surface area contributed by atoms with Crippen LogP contribution in [0.4, 0.5) is 10.6 Å². The normalized spacial score (nSPS) is 10.4. The molecule has 0 atom stereocenters. The quantitative estimate of drug-likeness (QED) is 0.885. The standard InChI is InChI=1S/C15H19N5O/c1-11(2)3-9-18-15(21)20-13-6-10-17-14(19-13)12-4-7-16-8-5-12/h4-8,10-11H,3,9H2,1-2H3,(H2,17,18,19,20,21). The molecule has 0 saturated heterocycles. The maximum Gasteiger partial charge on any atom is 0.320 e. The average Bonchev–Trinajstić information content (AvgIpc) is 2.48. The maximum absolute atomic E-state index is 11.7. The van der Waals surface area contributed by atoms with Gasteiger partial charge in [0.05, 0.1) is 0 Å². The second-order valence-corrected chi connectivity index (χ2v) is 5.06. The number of rotatable bonds is 5. The molecule has 2 aromatic heterocycles. The first-order valence-electron chi connectivity index (χ1n) is 6.93. The van der Waals surface area contributed by atoms with E-state index in [1.165, 1.54) is 0 Å². The second-order valence-electron chi connectivity index (χ2n) is 5.06. The largest absolute Gasteiger partial charge is 0.338 e. The van der Waals surface area contributed by atoms with Crippen LogP contribution in [0.3, 0.4) is 0 Å². The van der Waals surface area contributed by atoms with Gasteiger partial charge in [0.25, 0.3) is 0 Å². The number of nitrogens with one attached hydrogen (secondary N) is 2. The predicted octanol–water partition coefficient (Wildman–Crippen LogP) is 2.71. The Morgan fingerprint density at radius 1 is 1.19 bits per heavy atom. The molecule has 2 amide bonds. The molecule has 0 saturated carbocycles. The van der Waals surface area contributed by atoms with E-state index in [0.29, 0.717) is 24.1 Å². The van der Waals surface area contributed by atoms with Crippen molar-refractivity contribution in [2.45, 2.75) is 20.3 Å². The van der Waals surface area contributed by atoms with Crippen LogP contribution >= 0.6 is 0 Å². The number of urea groups is 1. The minimum absolute atomic E-state index is 0.255. The number of carbonyl (C=O) groups is 1. The molecule has 0 unspecified atom stereocenters. The van der Waals surface area contributed by atoms with Crippen LogP contribution in [-0.2, 0) is 0 Å². The van der Waals surface area contributed by atoms with Gasteiger partial charge < -0.3 is 5.32 Å². The number of anilines is 1. The van der Waals surface area contributed by atoms with Crippen molar-refractivity contribution in [2.75, 3.05) is 11.9 Å². The third-order valence-electron chi connectivity index (χ3n) is 2.84. The van der Waals surface area contributed by atoms with Gasteiger partial charge in [-0.2, -0.15) is 0 Å². The Morgan fingerprint density at radius 3 is 2.67 bits per heavy atom. The van der Waals surface area contributed by atoms with E-state index in [2.05, 4.69) is 39.4 Å². The predicted molar refractivity (Wildman–Crippen MR) is 81.7 cm³/mol. The lowest BCUT2D eigenvalue weighted by molar-refractivity contribution is 0.251. The van der Waals surface area contributed by atoms with Crippen LogP contribution in [0.1, 0.15) is 20.3 Å². The third-order valence-corrected chi connectivity index (χ3v) is 2.84. The number of pyridine rings is 1. The van der Waals surface area contributed by atoms with Gasteiger partial charge in [0.1, 0.15) is 5.82 Å². The van der Waals surface area contributed by atoms with Gasteiger partial charge in [-0.1, -0.05) is 13.8 Å². The van der Waals surface area contributed by atoms with E-state index in [9.17, 15) is 4.79 Å². The molecule has 0 radical (unpaired) electrons. The first-order valence-corrected chi connectivity index (χ1v) is 6.93. The highest BCUT2D eigenvalue weighted by Gasteiger charge is 2.05. The molecule has 0 fully saturated rings. The van der Waals surface area contributed by atoms with Crippen molar-refractivity contribution < 1.29 is 4.79 Å². The summed E-state index contributed by atoms with van der Waals surface area (Å²) in [5.74, 6) is 1.58. The molecule has 2 N–H and O–H groups in total. The molecule has 0 spiro atoms. The smallest absolute Gasteiger partial charge is 0.320 e. The van der Waals surface area contributed by atoms with Crippen molar-refractivity contribution in [3.05, 3.63) is 36.8 Å². The Kier molecular flexibility index (Phi) is 5.20. The molecule has 0 aliphatic carbocycles. The Hall–Kier alpha value is -2.50. The molecule has 6 nitrogen and oxygen atoms in total. The first kappa shape index (κ1) is 14.9. The minimum atomic E-state index is -0.255. The number of hydrogen-bond acceptors (Lipinski definition) is 4. The van der Waals surface area contributed by atoms with Gasteiger partial charge >= 0.3 is 6.03 Å². The Balaban J connectivity index is 1.97. The fourth-order valence-electron chi connectivity index (χ4n) is 1.70. The second kappa shape index (κ2) is 7.33. The summed E-state index contributed by atoms with van der Waals surface area (Å²) in [5.41, 5.74) is 0.855. The summed E-state index contributed by atoms with van der Waals surface area (Å²) in [6.07, 6.45) is 5.92. The van der Waals surface area contributed by atoms with Gasteiger partial charge in [-0.3, -0.25) is 10.3 Å². The number of nitrogens with zero attached hydrogens (tertiary/aromatic N) is 3. The van der Waals surface area contributed by atoms with E-state index in [-0.39, 0.29) is 6.03 Å². The highest BCUT2D eigenvalue weighted by atomic mass is 16.2. The summed E-state index contributed by atoms with van der Waals surface area (Å²) in [7, 11) is 0. The molecule has 2 heterocycles. The Labute approximate surface area is 124 Å². The lowest BCUT2D eigenvalue weighted by atomic mass is 10.1. The van der Waals surface area contributed by atoms with Crippen molar-refractivity contribution >= 4 is 11.8 Å². The summed E-state index contributed by atoms with van der Waals surface area (Å²) in [5, 5.41) is 5.51. The number of amides is 2. The fraction of sp³-hybridized carbons (Fsp3) is 0.333. The minimum Gasteiger partial charge on any atom is -0.338 e. The van der Waals surface area contributed by atoms with Gasteiger partial charge in [-0.15, -0.1) is 0 Å². The van der Waals surface area contributed by atoms with Crippen LogP contribution < -0.4 is 10.6 Å². The lowest BCUT2D eigenvalue weighted by Crippen LogP contribution is -2.30. The van der Waals surface area contributed by atoms with E-state index in [0.717, 1.165) is 12.0 Å². The third kappa shape index (κ3) is 4.83. The van der Waals surface area contributed by atoms with Gasteiger partial charge in [0, 0.05) is 30.7 Å². The maximum atomic E-state index is 11.7. The monoisotopic (exact) mass is 285 g/mol. The molecular formula is C15H19N5O. The SMILES string of the molecule is CC(C)CCNC(=O)Nc1ccnc(-c2ccncc2)n1. The number of carbonyl (C=O) groups excluding carboxylic acids is 1. The average molecular weight is 285 g/mol. The molecule has 2 aromatic rings. The van der Waals surface area contributed by atoms with Crippen molar-refractivity contribution in [1.82, 2.24) is 20.3 Å². The number of aromatic nitrogens is 3. The van der Waals surface area contributed by atoms with E-state index in [1.807, 2.05) is 12.1 Å². The summed E-state index contributed by atoms with van der Waals surface area (Å²) in [4.78, 5) is 24.2. The molecule has 0 aromatic carbocycles. The van der Waals surface area contributed by atoms with Crippen molar-refractivity contribution in [1.29, 1.82) is 0 Å². The van der Waals surface area contributed by atoms with E-state index in [4.69, 9.17) is 0 Å². The summed E-state index contributed by atoms with van der Waals surface area (Å²) in [6, 6.07) is 5.05. The summed E-state index contributed by atoms with van der Waals surface area (Å²) in [6.45, 7) is 4.88. The van der Waals surface area contributed by atoms with E-state index >= 15 is 0 Å². The van der Waals surface area contributed by atoms with Crippen LogP contribution in [0.5, 0.6) is 0 Å². The number of hydrogen-bond donors (Lipinski definition) is 2. The fourth-order valence-corrected chi connectivity index (χ4v) is 1.70. The van der Waals surface area contributed by atoms with Gasteiger partial charge in [0.2, 0.25) is 0 Å². The van der Waals surface area contributed by atoms with Crippen LogP contribution in [0.15, 0.2) is 36.8 Å². The van der Waals surface area contributed by atoms with Crippen LogP contribution in [0, 0.1) is 5.92 Å². The zero-order valence-corrected chi connectivity index (χ0v) is 12.2. The van der Waals surface area contributed by atoms with Crippen molar-refractivity contribution in [3.63, 3.8) is 0 Å². The van der Waals surface area contributed by atoms with Gasteiger partial charge in [-0.25, -0.2) is 14.8 Å². The first-order chi connectivity index (χ1) is 10.1. The molecule has 110 valence electrons. The molecule has 0 aliphatic heterocycles. The Morgan fingerprint density at radius 2 is 1.95 bits per heavy atom. The summed E-state index contributed by atoms with van der Waals surface area (Å²) >= 11 is 0. The van der Waals surface area contributed by atoms with E-state index < -0.39 is 0 Å². The molecular weight excluding hydrogens is 266 g/mol. The van der Waals surface area contributed by atoms with Crippen LogP contribution in [0.2, 0.25) is 0 Å². The van der Waals surface area contributed by atoms with E-state index in [1.54, 1.807) is 24.7 Å². The molecule has 21 heavy (non-hydrogen) atoms. The lowest BCUT2D eigenvalue weighted by Gasteiger charge is -2.09.